The third-order valence-electron chi connectivity index (χ3n) is 5.56. The summed E-state index contributed by atoms with van der Waals surface area (Å²) in [5, 5.41) is 0.805. The van der Waals surface area contributed by atoms with Crippen molar-refractivity contribution in [3.05, 3.63) is 62.7 Å². The fraction of sp³-hybridized carbons (Fsp3) is 0.409. The number of hydrogen-bond donors (Lipinski definition) is 0. The van der Waals surface area contributed by atoms with Crippen LogP contribution >= 0.6 is 22.9 Å². The lowest BCUT2D eigenvalue weighted by Gasteiger charge is -2.37. The molecule has 4 nitrogen and oxygen atoms in total. The molecule has 148 valence electrons. The average molecular weight is 416 g/mol. The zero-order valence-corrected chi connectivity index (χ0v) is 17.8. The number of rotatable bonds is 6. The minimum atomic E-state index is 0.159. The Morgan fingerprint density at radius 1 is 1.00 bits per heavy atom. The standard InChI is InChI=1S/C22H26ClN3OS/c1-17-8-9-18(23)16-20(17)25-14-12-24(13-15-25)10-4-5-11-26-19-6-2-3-7-21(19)28-22(26)27/h2-3,6-9,16H,4-5,10-15H2,1H3. The summed E-state index contributed by atoms with van der Waals surface area (Å²) in [6.07, 6.45) is 2.15. The number of fused-ring (bicyclic) bond motifs is 1. The first-order valence-corrected chi connectivity index (χ1v) is 11.1. The van der Waals surface area contributed by atoms with Gasteiger partial charge in [-0.25, -0.2) is 0 Å². The summed E-state index contributed by atoms with van der Waals surface area (Å²) < 4.78 is 3.01. The molecule has 0 unspecified atom stereocenters. The van der Waals surface area contributed by atoms with Crippen LogP contribution in [0.25, 0.3) is 10.2 Å². The van der Waals surface area contributed by atoms with Crippen molar-refractivity contribution in [3.63, 3.8) is 0 Å². The van der Waals surface area contributed by atoms with Gasteiger partial charge in [0.1, 0.15) is 0 Å². The van der Waals surface area contributed by atoms with Gasteiger partial charge >= 0.3 is 4.87 Å². The predicted molar refractivity (Wildman–Crippen MR) is 120 cm³/mol. The van der Waals surface area contributed by atoms with Crippen LogP contribution in [0.3, 0.4) is 0 Å². The monoisotopic (exact) mass is 415 g/mol. The Hall–Kier alpha value is -1.82. The lowest BCUT2D eigenvalue weighted by atomic mass is 10.1. The van der Waals surface area contributed by atoms with Crippen molar-refractivity contribution in [2.45, 2.75) is 26.3 Å². The summed E-state index contributed by atoms with van der Waals surface area (Å²) in [6, 6.07) is 14.2. The fourth-order valence-electron chi connectivity index (χ4n) is 3.97. The van der Waals surface area contributed by atoms with Gasteiger partial charge in [0.25, 0.3) is 0 Å². The molecule has 0 bridgehead atoms. The Labute approximate surface area is 175 Å². The second-order valence-electron chi connectivity index (χ2n) is 7.45. The highest BCUT2D eigenvalue weighted by Gasteiger charge is 2.18. The van der Waals surface area contributed by atoms with Crippen LogP contribution in [0.4, 0.5) is 5.69 Å². The zero-order chi connectivity index (χ0) is 19.5. The summed E-state index contributed by atoms with van der Waals surface area (Å²) in [5.74, 6) is 0. The largest absolute Gasteiger partial charge is 0.369 e. The molecule has 1 saturated heterocycles. The first-order valence-electron chi connectivity index (χ1n) is 9.93. The Bertz CT molecular complexity index is 1000. The molecule has 0 aliphatic carbocycles. The van der Waals surface area contributed by atoms with Gasteiger partial charge in [-0.3, -0.25) is 14.3 Å². The molecule has 2 aromatic carbocycles. The molecule has 0 spiro atoms. The van der Waals surface area contributed by atoms with E-state index in [-0.39, 0.29) is 4.87 Å². The number of aryl methyl sites for hydroxylation is 2. The molecule has 28 heavy (non-hydrogen) atoms. The molecule has 6 heteroatoms. The molecular weight excluding hydrogens is 390 g/mol. The van der Waals surface area contributed by atoms with Crippen LogP contribution in [0.1, 0.15) is 18.4 Å². The van der Waals surface area contributed by atoms with Gasteiger partial charge in [0.2, 0.25) is 0 Å². The third kappa shape index (κ3) is 4.27. The van der Waals surface area contributed by atoms with Gasteiger partial charge < -0.3 is 4.90 Å². The molecule has 1 aromatic heterocycles. The number of piperazine rings is 1. The molecule has 1 fully saturated rings. The summed E-state index contributed by atoms with van der Waals surface area (Å²) in [4.78, 5) is 17.3. The van der Waals surface area contributed by atoms with Crippen LogP contribution in [0.15, 0.2) is 47.3 Å². The van der Waals surface area contributed by atoms with E-state index in [1.54, 1.807) is 0 Å². The van der Waals surface area contributed by atoms with Crippen LogP contribution in [0.2, 0.25) is 5.02 Å². The lowest BCUT2D eigenvalue weighted by Crippen LogP contribution is -2.46. The number of nitrogens with zero attached hydrogens (tertiary/aromatic N) is 3. The maximum Gasteiger partial charge on any atom is 0.308 e. The molecule has 0 radical (unpaired) electrons. The third-order valence-corrected chi connectivity index (χ3v) is 6.76. The summed E-state index contributed by atoms with van der Waals surface area (Å²) in [5.41, 5.74) is 3.62. The van der Waals surface area contributed by atoms with E-state index in [2.05, 4.69) is 28.9 Å². The number of hydrogen-bond acceptors (Lipinski definition) is 4. The number of benzene rings is 2. The van der Waals surface area contributed by atoms with Crippen LogP contribution in [0.5, 0.6) is 0 Å². The highest BCUT2D eigenvalue weighted by atomic mass is 35.5. The van der Waals surface area contributed by atoms with Gasteiger partial charge in [0, 0.05) is 43.4 Å². The van der Waals surface area contributed by atoms with Gasteiger partial charge in [0.15, 0.2) is 0 Å². The van der Waals surface area contributed by atoms with Crippen LogP contribution < -0.4 is 9.77 Å². The number of para-hydroxylation sites is 1. The van der Waals surface area contributed by atoms with Gasteiger partial charge in [-0.2, -0.15) is 0 Å². The predicted octanol–water partition coefficient (Wildman–Crippen LogP) is 4.63. The first kappa shape index (κ1) is 19.5. The Morgan fingerprint density at radius 2 is 1.75 bits per heavy atom. The summed E-state index contributed by atoms with van der Waals surface area (Å²) in [6.45, 7) is 8.28. The Kier molecular flexibility index (Phi) is 6.04. The SMILES string of the molecule is Cc1ccc(Cl)cc1N1CCN(CCCCn2c(=O)sc3ccccc32)CC1. The second-order valence-corrected chi connectivity index (χ2v) is 8.88. The van der Waals surface area contributed by atoms with Gasteiger partial charge in [-0.15, -0.1) is 0 Å². The van der Waals surface area contributed by atoms with Crippen molar-refractivity contribution in [2.75, 3.05) is 37.6 Å². The van der Waals surface area contributed by atoms with Crippen molar-refractivity contribution in [1.29, 1.82) is 0 Å². The maximum atomic E-state index is 12.2. The first-order chi connectivity index (χ1) is 13.6. The zero-order valence-electron chi connectivity index (χ0n) is 16.2. The van der Waals surface area contributed by atoms with E-state index in [4.69, 9.17) is 11.6 Å². The number of unbranched alkanes of at least 4 members (excludes halogenated alkanes) is 1. The molecular formula is C22H26ClN3OS. The quantitative estimate of drug-likeness (QED) is 0.549. The number of halogens is 1. The van der Waals surface area contributed by atoms with E-state index < -0.39 is 0 Å². The van der Waals surface area contributed by atoms with Crippen LogP contribution in [-0.2, 0) is 6.54 Å². The molecule has 1 aliphatic rings. The topological polar surface area (TPSA) is 28.5 Å². The minimum absolute atomic E-state index is 0.159. The lowest BCUT2D eigenvalue weighted by molar-refractivity contribution is 0.251. The van der Waals surface area contributed by atoms with E-state index in [1.807, 2.05) is 34.9 Å². The van der Waals surface area contributed by atoms with Crippen LogP contribution in [0, 0.1) is 6.92 Å². The molecule has 0 N–H and O–H groups in total. The van der Waals surface area contributed by atoms with E-state index >= 15 is 0 Å². The van der Waals surface area contributed by atoms with Crippen molar-refractivity contribution in [1.82, 2.24) is 9.47 Å². The van der Waals surface area contributed by atoms with Crippen molar-refractivity contribution in [3.8, 4) is 0 Å². The Balaban J connectivity index is 1.25. The van der Waals surface area contributed by atoms with Gasteiger partial charge in [-0.05, 0) is 56.1 Å². The van der Waals surface area contributed by atoms with E-state index in [1.165, 1.54) is 22.6 Å². The van der Waals surface area contributed by atoms with Crippen molar-refractivity contribution in [2.24, 2.45) is 0 Å². The number of anilines is 1. The highest BCUT2D eigenvalue weighted by molar-refractivity contribution is 7.16. The number of aromatic nitrogens is 1. The van der Waals surface area contributed by atoms with Crippen LogP contribution in [-0.4, -0.2) is 42.2 Å². The van der Waals surface area contributed by atoms with E-state index in [0.717, 1.165) is 67.3 Å². The average Bonchev–Trinajstić information content (AvgIpc) is 3.03. The molecule has 0 amide bonds. The second kappa shape index (κ2) is 8.68. The molecule has 2 heterocycles. The van der Waals surface area contributed by atoms with Gasteiger partial charge in [0.05, 0.1) is 10.2 Å². The van der Waals surface area contributed by atoms with E-state index in [9.17, 15) is 4.79 Å². The summed E-state index contributed by atoms with van der Waals surface area (Å²) >= 11 is 7.53. The van der Waals surface area contributed by atoms with Gasteiger partial charge in [-0.1, -0.05) is 41.1 Å². The maximum absolute atomic E-state index is 12.2. The number of thiazole rings is 1. The highest BCUT2D eigenvalue weighted by Crippen LogP contribution is 2.25. The molecule has 0 saturated carbocycles. The minimum Gasteiger partial charge on any atom is -0.369 e. The van der Waals surface area contributed by atoms with Crippen molar-refractivity contribution >= 4 is 38.8 Å². The normalized spacial score (nSPS) is 15.4. The Morgan fingerprint density at radius 3 is 2.57 bits per heavy atom. The molecule has 1 aliphatic heterocycles. The molecule has 4 rings (SSSR count). The molecule has 3 aromatic rings. The van der Waals surface area contributed by atoms with E-state index in [0.29, 0.717) is 0 Å². The fourth-order valence-corrected chi connectivity index (χ4v) is 5.05. The molecule has 0 atom stereocenters. The smallest absolute Gasteiger partial charge is 0.308 e. The summed E-state index contributed by atoms with van der Waals surface area (Å²) in [7, 11) is 0. The van der Waals surface area contributed by atoms with Crippen molar-refractivity contribution < 1.29 is 0 Å².